The molecule has 0 bridgehead atoms. The van der Waals surface area contributed by atoms with Crippen LogP contribution in [-0.4, -0.2) is 48.6 Å². The van der Waals surface area contributed by atoms with Crippen LogP contribution in [0.25, 0.3) is 10.2 Å². The number of benzene rings is 2. The van der Waals surface area contributed by atoms with Gasteiger partial charge in [0.2, 0.25) is 0 Å². The summed E-state index contributed by atoms with van der Waals surface area (Å²) in [5.41, 5.74) is 1.56. The van der Waals surface area contributed by atoms with Crippen LogP contribution in [0.4, 0.5) is 5.13 Å². The number of ether oxygens (including phenoxy) is 1. The number of aromatic nitrogens is 1. The fraction of sp³-hybridized carbons (Fsp3) is 0.440. The van der Waals surface area contributed by atoms with Crippen molar-refractivity contribution in [3.05, 3.63) is 54.1 Å². The molecule has 0 radical (unpaired) electrons. The average Bonchev–Trinajstić information content (AvgIpc) is 3.23. The van der Waals surface area contributed by atoms with Crippen molar-refractivity contribution < 1.29 is 9.53 Å². The summed E-state index contributed by atoms with van der Waals surface area (Å²) in [4.78, 5) is 22.5. The summed E-state index contributed by atoms with van der Waals surface area (Å²) in [6, 6.07) is 15.6. The minimum Gasteiger partial charge on any atom is -0.494 e. The monoisotopic (exact) mass is 475 g/mol. The van der Waals surface area contributed by atoms with Crippen molar-refractivity contribution in [3.63, 3.8) is 0 Å². The molecule has 0 fully saturated rings. The van der Waals surface area contributed by atoms with Crippen LogP contribution in [0.1, 0.15) is 50.4 Å². The van der Waals surface area contributed by atoms with Crippen molar-refractivity contribution in [3.8, 4) is 5.75 Å². The topological polar surface area (TPSA) is 45.7 Å². The number of fused-ring (bicyclic) bond motifs is 1. The van der Waals surface area contributed by atoms with Gasteiger partial charge in [-0.25, -0.2) is 4.98 Å². The van der Waals surface area contributed by atoms with Gasteiger partial charge < -0.3 is 9.64 Å². The molecule has 1 heterocycles. The van der Waals surface area contributed by atoms with Crippen molar-refractivity contribution in [2.45, 2.75) is 40.0 Å². The number of anilines is 1. The molecule has 0 saturated heterocycles. The van der Waals surface area contributed by atoms with E-state index in [4.69, 9.17) is 9.72 Å². The van der Waals surface area contributed by atoms with Gasteiger partial charge >= 0.3 is 0 Å². The number of amides is 1. The van der Waals surface area contributed by atoms with E-state index in [2.05, 4.69) is 25.7 Å². The van der Waals surface area contributed by atoms with E-state index >= 15 is 0 Å². The van der Waals surface area contributed by atoms with E-state index in [9.17, 15) is 4.79 Å². The van der Waals surface area contributed by atoms with Crippen LogP contribution in [0.5, 0.6) is 5.75 Å². The van der Waals surface area contributed by atoms with Gasteiger partial charge in [0.05, 0.1) is 16.8 Å². The smallest absolute Gasteiger partial charge is 0.260 e. The third-order valence-corrected chi connectivity index (χ3v) is 6.45. The molecule has 0 saturated carbocycles. The Balaban J connectivity index is 0.00000363. The molecule has 0 unspecified atom stereocenters. The summed E-state index contributed by atoms with van der Waals surface area (Å²) in [6.07, 6.45) is 3.33. The van der Waals surface area contributed by atoms with Gasteiger partial charge in [0.25, 0.3) is 5.91 Å². The molecule has 0 atom stereocenters. The minimum absolute atomic E-state index is 0. The number of halogens is 1. The lowest BCUT2D eigenvalue weighted by atomic mass is 10.2. The summed E-state index contributed by atoms with van der Waals surface area (Å²) < 4.78 is 6.96. The van der Waals surface area contributed by atoms with Crippen molar-refractivity contribution in [1.82, 2.24) is 9.88 Å². The van der Waals surface area contributed by atoms with Crippen LogP contribution in [0, 0.1) is 0 Å². The van der Waals surface area contributed by atoms with Crippen molar-refractivity contribution in [2.24, 2.45) is 0 Å². The standard InChI is InChI=1S/C25H33N3O2S.ClH/c1-4-7-10-18-30-21-13-11-12-20(19-21)24(29)28(17-16-27(5-2)6-3)25-26-22-14-8-9-15-23(22)31-25;/h8-9,11-15,19H,4-7,10,16-18H2,1-3H3;1H. The lowest BCUT2D eigenvalue weighted by Crippen LogP contribution is -2.38. The third kappa shape index (κ3) is 6.92. The highest BCUT2D eigenvalue weighted by molar-refractivity contribution is 7.22. The van der Waals surface area contributed by atoms with Crippen LogP contribution in [-0.2, 0) is 0 Å². The van der Waals surface area contributed by atoms with E-state index in [-0.39, 0.29) is 18.3 Å². The predicted molar refractivity (Wildman–Crippen MR) is 138 cm³/mol. The Morgan fingerprint density at radius 2 is 1.78 bits per heavy atom. The maximum atomic E-state index is 13.6. The lowest BCUT2D eigenvalue weighted by molar-refractivity contribution is 0.0983. The first kappa shape index (κ1) is 26.1. The van der Waals surface area contributed by atoms with E-state index in [1.807, 2.05) is 53.4 Å². The normalized spacial score (nSPS) is 10.9. The van der Waals surface area contributed by atoms with Crippen molar-refractivity contribution in [1.29, 1.82) is 0 Å². The Morgan fingerprint density at radius 1 is 1.00 bits per heavy atom. The van der Waals surface area contributed by atoms with Gasteiger partial charge in [0.15, 0.2) is 5.13 Å². The minimum atomic E-state index is -0.0368. The molecule has 1 aromatic heterocycles. The van der Waals surface area contributed by atoms with Gasteiger partial charge in [-0.2, -0.15) is 0 Å². The zero-order valence-corrected chi connectivity index (χ0v) is 20.9. The lowest BCUT2D eigenvalue weighted by Gasteiger charge is -2.25. The summed E-state index contributed by atoms with van der Waals surface area (Å²) >= 11 is 1.56. The fourth-order valence-corrected chi connectivity index (χ4v) is 4.45. The van der Waals surface area contributed by atoms with Crippen LogP contribution in [0.2, 0.25) is 0 Å². The van der Waals surface area contributed by atoms with Crippen LogP contribution in [0.15, 0.2) is 48.5 Å². The van der Waals surface area contributed by atoms with Gasteiger partial charge in [-0.05, 0) is 49.8 Å². The number of hydrogen-bond acceptors (Lipinski definition) is 5. The maximum Gasteiger partial charge on any atom is 0.260 e. The first-order valence-electron chi connectivity index (χ1n) is 11.3. The summed E-state index contributed by atoms with van der Waals surface area (Å²) in [6.45, 7) is 10.5. The first-order chi connectivity index (χ1) is 15.2. The summed E-state index contributed by atoms with van der Waals surface area (Å²) in [7, 11) is 0. The Labute approximate surface area is 201 Å². The largest absolute Gasteiger partial charge is 0.494 e. The Bertz CT molecular complexity index is 941. The quantitative estimate of drug-likeness (QED) is 0.289. The molecule has 0 aliphatic rings. The van der Waals surface area contributed by atoms with E-state index in [1.165, 1.54) is 0 Å². The molecule has 0 spiro atoms. The Morgan fingerprint density at radius 3 is 2.50 bits per heavy atom. The van der Waals surface area contributed by atoms with E-state index in [1.54, 1.807) is 11.3 Å². The Kier molecular flexibility index (Phi) is 10.9. The molecule has 32 heavy (non-hydrogen) atoms. The fourth-order valence-electron chi connectivity index (χ4n) is 3.46. The van der Waals surface area contributed by atoms with Gasteiger partial charge in [0, 0.05) is 18.7 Å². The molecule has 0 aliphatic heterocycles. The SMILES string of the molecule is CCCCCOc1cccc(C(=O)N(CCN(CC)CC)c2nc3ccccc3s2)c1.Cl. The number of hydrogen-bond donors (Lipinski definition) is 0. The second-order valence-corrected chi connectivity index (χ2v) is 8.54. The van der Waals surface area contributed by atoms with E-state index in [0.29, 0.717) is 18.7 Å². The number of likely N-dealkylation sites (N-methyl/N-ethyl adjacent to an activating group) is 1. The molecule has 1 amide bonds. The van der Waals surface area contributed by atoms with Crippen LogP contribution in [0.3, 0.4) is 0 Å². The predicted octanol–water partition coefficient (Wildman–Crippen LogP) is 6.28. The summed E-state index contributed by atoms with van der Waals surface area (Å²) in [5, 5.41) is 0.743. The highest BCUT2D eigenvalue weighted by Gasteiger charge is 2.22. The molecule has 5 nitrogen and oxygen atoms in total. The van der Waals surface area contributed by atoms with Crippen LogP contribution >= 0.6 is 23.7 Å². The molecule has 3 aromatic rings. The Hall–Kier alpha value is -2.15. The second kappa shape index (κ2) is 13.4. The number of unbranched alkanes of at least 4 members (excludes halogenated alkanes) is 2. The van der Waals surface area contributed by atoms with Crippen molar-refractivity contribution >= 4 is 45.0 Å². The van der Waals surface area contributed by atoms with E-state index in [0.717, 1.165) is 60.0 Å². The van der Waals surface area contributed by atoms with Crippen molar-refractivity contribution in [2.75, 3.05) is 37.7 Å². The zero-order valence-electron chi connectivity index (χ0n) is 19.3. The molecule has 3 rings (SSSR count). The molecule has 174 valence electrons. The van der Waals surface area contributed by atoms with Gasteiger partial charge in [-0.15, -0.1) is 12.4 Å². The highest BCUT2D eigenvalue weighted by atomic mass is 35.5. The second-order valence-electron chi connectivity index (χ2n) is 7.53. The third-order valence-electron chi connectivity index (χ3n) is 5.39. The zero-order chi connectivity index (χ0) is 22.1. The maximum absolute atomic E-state index is 13.6. The molecule has 7 heteroatoms. The summed E-state index contributed by atoms with van der Waals surface area (Å²) in [5.74, 6) is 0.708. The number of rotatable bonds is 12. The number of carbonyl (C=O) groups is 1. The average molecular weight is 476 g/mol. The molecular formula is C25H34ClN3O2S. The molecule has 0 N–H and O–H groups in total. The van der Waals surface area contributed by atoms with Crippen LogP contribution < -0.4 is 9.64 Å². The van der Waals surface area contributed by atoms with Gasteiger partial charge in [-0.1, -0.05) is 63.1 Å². The number of para-hydroxylation sites is 1. The molecular weight excluding hydrogens is 442 g/mol. The first-order valence-corrected chi connectivity index (χ1v) is 12.1. The number of carbonyl (C=O) groups excluding carboxylic acids is 1. The molecule has 2 aromatic carbocycles. The number of thiazole rings is 1. The number of nitrogens with zero attached hydrogens (tertiary/aromatic N) is 3. The van der Waals surface area contributed by atoms with E-state index < -0.39 is 0 Å². The van der Waals surface area contributed by atoms with Gasteiger partial charge in [-0.3, -0.25) is 9.69 Å². The highest BCUT2D eigenvalue weighted by Crippen LogP contribution is 2.30. The van der Waals surface area contributed by atoms with Gasteiger partial charge in [0.1, 0.15) is 5.75 Å². The molecule has 0 aliphatic carbocycles.